The van der Waals surface area contributed by atoms with Gasteiger partial charge in [0, 0.05) is 50.0 Å². The molecule has 0 atom stereocenters. The van der Waals surface area contributed by atoms with E-state index >= 15 is 0 Å². The molecule has 1 fully saturated rings. The highest BCUT2D eigenvalue weighted by Gasteiger charge is 2.31. The first-order valence-corrected chi connectivity index (χ1v) is 11.2. The summed E-state index contributed by atoms with van der Waals surface area (Å²) in [6.45, 7) is 3.80. The van der Waals surface area contributed by atoms with Gasteiger partial charge in [0.1, 0.15) is 12.5 Å². The Labute approximate surface area is 210 Å². The molecule has 1 aliphatic rings. The van der Waals surface area contributed by atoms with Gasteiger partial charge in [-0.05, 0) is 24.3 Å². The molecular formula is C24H23FN8O4. The van der Waals surface area contributed by atoms with Crippen LogP contribution in [-0.4, -0.2) is 77.9 Å². The maximum absolute atomic E-state index is 14.8. The SMILES string of the molecule is C=NN/N=N\CNC(=O)c1ccc(F)c2c(C(=O)C(=O)N3CCN(C(=O)c4ccccc4)CC3)c[nH]c12. The molecule has 1 saturated heterocycles. The number of aromatic nitrogens is 1. The number of amides is 3. The van der Waals surface area contributed by atoms with Crippen molar-refractivity contribution < 1.29 is 23.6 Å². The molecule has 3 aromatic rings. The minimum Gasteiger partial charge on any atom is -0.360 e. The Morgan fingerprint density at radius 1 is 0.973 bits per heavy atom. The van der Waals surface area contributed by atoms with Crippen molar-refractivity contribution in [2.45, 2.75) is 0 Å². The van der Waals surface area contributed by atoms with Gasteiger partial charge in [-0.15, -0.1) is 5.11 Å². The molecule has 13 heteroatoms. The first kappa shape index (κ1) is 25.2. The lowest BCUT2D eigenvalue weighted by Gasteiger charge is -2.34. The summed E-state index contributed by atoms with van der Waals surface area (Å²) in [5.74, 6) is -3.24. The lowest BCUT2D eigenvalue weighted by molar-refractivity contribution is -0.127. The van der Waals surface area contributed by atoms with E-state index in [0.29, 0.717) is 5.56 Å². The van der Waals surface area contributed by atoms with Crippen LogP contribution in [0.2, 0.25) is 0 Å². The Morgan fingerprint density at radius 2 is 1.68 bits per heavy atom. The number of hydrogen-bond donors (Lipinski definition) is 3. The summed E-state index contributed by atoms with van der Waals surface area (Å²) in [5.41, 5.74) is 2.62. The number of Topliss-reactive ketones (excluding diaryl/α,β-unsaturated/α-hetero) is 1. The van der Waals surface area contributed by atoms with E-state index < -0.39 is 23.4 Å². The van der Waals surface area contributed by atoms with Crippen molar-refractivity contribution in [3.8, 4) is 0 Å². The maximum atomic E-state index is 14.8. The molecule has 1 aliphatic heterocycles. The fourth-order valence-electron chi connectivity index (χ4n) is 4.01. The zero-order valence-corrected chi connectivity index (χ0v) is 19.6. The number of nitrogens with zero attached hydrogens (tertiary/aromatic N) is 5. The maximum Gasteiger partial charge on any atom is 0.295 e. The van der Waals surface area contributed by atoms with Crippen molar-refractivity contribution in [3.05, 3.63) is 71.2 Å². The molecule has 0 saturated carbocycles. The zero-order valence-electron chi connectivity index (χ0n) is 19.6. The van der Waals surface area contributed by atoms with E-state index in [1.807, 2.05) is 6.07 Å². The average molecular weight is 506 g/mol. The molecule has 0 unspecified atom stereocenters. The van der Waals surface area contributed by atoms with Crippen LogP contribution in [0.15, 0.2) is 64.1 Å². The smallest absolute Gasteiger partial charge is 0.295 e. The minimum absolute atomic E-state index is 0.0564. The number of fused-ring (bicyclic) bond motifs is 1. The second-order valence-electron chi connectivity index (χ2n) is 7.99. The number of H-pyrrole nitrogens is 1. The van der Waals surface area contributed by atoms with Crippen LogP contribution in [0, 0.1) is 5.82 Å². The number of piperazine rings is 1. The van der Waals surface area contributed by atoms with Crippen molar-refractivity contribution in [1.82, 2.24) is 25.6 Å². The summed E-state index contributed by atoms with van der Waals surface area (Å²) in [4.78, 5) is 56.9. The van der Waals surface area contributed by atoms with Crippen LogP contribution < -0.4 is 10.9 Å². The van der Waals surface area contributed by atoms with E-state index in [9.17, 15) is 23.6 Å². The summed E-state index contributed by atoms with van der Waals surface area (Å²) < 4.78 is 14.8. The fourth-order valence-corrected chi connectivity index (χ4v) is 4.01. The van der Waals surface area contributed by atoms with Gasteiger partial charge in [0.15, 0.2) is 0 Å². The van der Waals surface area contributed by atoms with Gasteiger partial charge in [-0.25, -0.2) is 4.39 Å². The van der Waals surface area contributed by atoms with Gasteiger partial charge in [0.25, 0.3) is 23.5 Å². The number of carbonyl (C=O) groups excluding carboxylic acids is 4. The number of halogens is 1. The monoisotopic (exact) mass is 506 g/mol. The van der Waals surface area contributed by atoms with E-state index in [1.165, 1.54) is 17.2 Å². The molecular weight excluding hydrogens is 483 g/mol. The quantitative estimate of drug-likeness (QED) is 0.140. The Morgan fingerprint density at radius 3 is 2.38 bits per heavy atom. The Kier molecular flexibility index (Phi) is 7.62. The highest BCUT2D eigenvalue weighted by atomic mass is 19.1. The predicted molar refractivity (Wildman–Crippen MR) is 131 cm³/mol. The standard InChI is InChI=1S/C24H23FN8O4/c1-26-30-31-29-14-28-22(35)16-7-8-18(25)19-17(13-27-20(16)19)21(34)24(37)33-11-9-32(10-12-33)23(36)15-5-3-2-4-6-15/h2-8,13,27H,1,9-12,14H2,(H,28,35)(H,29,30). The molecule has 0 bridgehead atoms. The van der Waals surface area contributed by atoms with Gasteiger partial charge >= 0.3 is 0 Å². The molecule has 2 heterocycles. The van der Waals surface area contributed by atoms with Crippen molar-refractivity contribution in [1.29, 1.82) is 0 Å². The lowest BCUT2D eigenvalue weighted by atomic mass is 10.0. The van der Waals surface area contributed by atoms with Crippen LogP contribution in [0.3, 0.4) is 0 Å². The van der Waals surface area contributed by atoms with E-state index in [-0.39, 0.29) is 60.8 Å². The molecule has 3 N–H and O–H groups in total. The normalized spacial score (nSPS) is 13.5. The molecule has 2 aromatic carbocycles. The van der Waals surface area contributed by atoms with Crippen LogP contribution in [-0.2, 0) is 4.79 Å². The molecule has 4 rings (SSSR count). The molecule has 12 nitrogen and oxygen atoms in total. The second-order valence-corrected chi connectivity index (χ2v) is 7.99. The third-order valence-corrected chi connectivity index (χ3v) is 5.84. The fraction of sp³-hybridized carbons (Fsp3) is 0.208. The minimum atomic E-state index is -0.914. The molecule has 0 radical (unpaired) electrons. The van der Waals surface area contributed by atoms with E-state index in [1.54, 1.807) is 29.2 Å². The summed E-state index contributed by atoms with van der Waals surface area (Å²) in [5, 5.41) is 12.6. The third-order valence-electron chi connectivity index (χ3n) is 5.84. The van der Waals surface area contributed by atoms with Crippen LogP contribution in [0.1, 0.15) is 31.1 Å². The number of carbonyl (C=O) groups is 4. The van der Waals surface area contributed by atoms with Crippen LogP contribution in [0.5, 0.6) is 0 Å². The summed E-state index contributed by atoms with van der Waals surface area (Å²) in [6, 6.07) is 11.1. The number of nitrogens with one attached hydrogen (secondary N) is 3. The van der Waals surface area contributed by atoms with E-state index in [4.69, 9.17) is 0 Å². The van der Waals surface area contributed by atoms with Gasteiger partial charge in [0.05, 0.1) is 16.6 Å². The van der Waals surface area contributed by atoms with Crippen LogP contribution >= 0.6 is 0 Å². The molecule has 37 heavy (non-hydrogen) atoms. The van der Waals surface area contributed by atoms with Gasteiger partial charge in [0.2, 0.25) is 0 Å². The van der Waals surface area contributed by atoms with Crippen molar-refractivity contribution >= 4 is 41.1 Å². The largest absolute Gasteiger partial charge is 0.360 e. The zero-order chi connectivity index (χ0) is 26.4. The first-order valence-electron chi connectivity index (χ1n) is 11.2. The van der Waals surface area contributed by atoms with Gasteiger partial charge in [-0.2, -0.15) is 10.6 Å². The number of ketones is 1. The van der Waals surface area contributed by atoms with Gasteiger partial charge in [-0.3, -0.25) is 19.2 Å². The Bertz CT molecular complexity index is 1380. The molecule has 190 valence electrons. The molecule has 3 amide bonds. The number of benzene rings is 2. The molecule has 0 spiro atoms. The lowest BCUT2D eigenvalue weighted by Crippen LogP contribution is -2.52. The highest BCUT2D eigenvalue weighted by molar-refractivity contribution is 6.45. The third kappa shape index (κ3) is 5.34. The number of rotatable bonds is 8. The summed E-state index contributed by atoms with van der Waals surface area (Å²) in [7, 11) is 0. The van der Waals surface area contributed by atoms with Gasteiger partial charge < -0.3 is 20.1 Å². The topological polar surface area (TPSA) is 152 Å². The van der Waals surface area contributed by atoms with E-state index in [2.05, 4.69) is 38.0 Å². The van der Waals surface area contributed by atoms with Crippen LogP contribution in [0.4, 0.5) is 4.39 Å². The first-order chi connectivity index (χ1) is 17.9. The van der Waals surface area contributed by atoms with Gasteiger partial charge in [-0.1, -0.05) is 23.4 Å². The number of aromatic amines is 1. The summed E-state index contributed by atoms with van der Waals surface area (Å²) in [6.07, 6.45) is 1.21. The average Bonchev–Trinajstić information content (AvgIpc) is 3.38. The van der Waals surface area contributed by atoms with Crippen molar-refractivity contribution in [2.24, 2.45) is 15.4 Å². The van der Waals surface area contributed by atoms with E-state index in [0.717, 1.165) is 6.07 Å². The number of hydrazone groups is 1. The second kappa shape index (κ2) is 11.2. The predicted octanol–water partition coefficient (Wildman–Crippen LogP) is 1.73. The van der Waals surface area contributed by atoms with Crippen molar-refractivity contribution in [2.75, 3.05) is 32.8 Å². The molecule has 0 aliphatic carbocycles. The Hall–Kier alpha value is -4.94. The highest BCUT2D eigenvalue weighted by Crippen LogP contribution is 2.26. The summed E-state index contributed by atoms with van der Waals surface area (Å²) >= 11 is 0. The van der Waals surface area contributed by atoms with Crippen LogP contribution in [0.25, 0.3) is 10.9 Å². The molecule has 1 aromatic heterocycles. The Balaban J connectivity index is 1.46. The number of hydrogen-bond acceptors (Lipinski definition) is 7. The van der Waals surface area contributed by atoms with Crippen molar-refractivity contribution in [3.63, 3.8) is 0 Å².